The molecule has 0 radical (unpaired) electrons. The number of thiazole rings is 1. The second kappa shape index (κ2) is 4.89. The van der Waals surface area contributed by atoms with Crippen molar-refractivity contribution < 1.29 is 13.2 Å². The van der Waals surface area contributed by atoms with Crippen LogP contribution in [0.3, 0.4) is 0 Å². The third kappa shape index (κ3) is 3.00. The lowest BCUT2D eigenvalue weighted by Gasteiger charge is -2.14. The Labute approximate surface area is 98.5 Å². The molecule has 0 unspecified atom stereocenters. The molecule has 16 heavy (non-hydrogen) atoms. The molecule has 0 aliphatic heterocycles. The van der Waals surface area contributed by atoms with Crippen molar-refractivity contribution in [1.29, 1.82) is 0 Å². The highest BCUT2D eigenvalue weighted by Gasteiger charge is 2.20. The number of aryl methyl sites for hydroxylation is 1. The first kappa shape index (κ1) is 13.1. The fraction of sp³-hybridized carbons (Fsp3) is 0.500. The van der Waals surface area contributed by atoms with E-state index < -0.39 is 16.1 Å². The lowest BCUT2D eigenvalue weighted by molar-refractivity contribution is 0.0983. The van der Waals surface area contributed by atoms with Crippen molar-refractivity contribution in [2.24, 2.45) is 0 Å². The summed E-state index contributed by atoms with van der Waals surface area (Å²) in [5, 5.41) is 0.714. The van der Waals surface area contributed by atoms with Crippen LogP contribution in [0.1, 0.15) is 21.6 Å². The average Bonchev–Trinajstić information content (AvgIpc) is 2.63. The SMILES string of the molecule is CCN(C)S(=O)(=O)NC(=O)c1cnc(C)s1. The van der Waals surface area contributed by atoms with Gasteiger partial charge in [-0.15, -0.1) is 11.3 Å². The van der Waals surface area contributed by atoms with E-state index in [-0.39, 0.29) is 4.88 Å². The van der Waals surface area contributed by atoms with Gasteiger partial charge in [0.05, 0.1) is 11.2 Å². The van der Waals surface area contributed by atoms with E-state index in [0.29, 0.717) is 11.6 Å². The molecule has 6 nitrogen and oxygen atoms in total. The van der Waals surface area contributed by atoms with Crippen molar-refractivity contribution >= 4 is 27.5 Å². The molecule has 0 saturated heterocycles. The molecule has 0 aliphatic carbocycles. The van der Waals surface area contributed by atoms with E-state index in [1.807, 2.05) is 4.72 Å². The molecule has 0 bridgehead atoms. The van der Waals surface area contributed by atoms with Crippen LogP contribution in [0.15, 0.2) is 6.20 Å². The summed E-state index contributed by atoms with van der Waals surface area (Å²) in [5.74, 6) is -0.647. The Balaban J connectivity index is 2.79. The normalized spacial score (nSPS) is 11.8. The van der Waals surface area contributed by atoms with Crippen LogP contribution in [0, 0.1) is 6.92 Å². The van der Waals surface area contributed by atoms with E-state index in [2.05, 4.69) is 4.98 Å². The average molecular weight is 263 g/mol. The van der Waals surface area contributed by atoms with Gasteiger partial charge in [0.2, 0.25) is 0 Å². The molecule has 1 N–H and O–H groups in total. The van der Waals surface area contributed by atoms with Gasteiger partial charge in [-0.05, 0) is 6.92 Å². The zero-order valence-electron chi connectivity index (χ0n) is 9.22. The summed E-state index contributed by atoms with van der Waals surface area (Å²) in [4.78, 5) is 15.7. The number of aromatic nitrogens is 1. The van der Waals surface area contributed by atoms with E-state index >= 15 is 0 Å². The Kier molecular flexibility index (Phi) is 4.00. The Bertz CT molecular complexity index is 480. The summed E-state index contributed by atoms with van der Waals surface area (Å²) in [5.41, 5.74) is 0. The lowest BCUT2D eigenvalue weighted by Crippen LogP contribution is -2.41. The van der Waals surface area contributed by atoms with Crippen LogP contribution in [-0.4, -0.2) is 37.2 Å². The Morgan fingerprint density at radius 3 is 2.69 bits per heavy atom. The third-order valence-electron chi connectivity index (χ3n) is 1.92. The first-order chi connectivity index (χ1) is 7.36. The molecule has 1 rings (SSSR count). The van der Waals surface area contributed by atoms with Crippen LogP contribution >= 0.6 is 11.3 Å². The van der Waals surface area contributed by atoms with Crippen molar-refractivity contribution in [3.05, 3.63) is 16.1 Å². The van der Waals surface area contributed by atoms with Crippen molar-refractivity contribution in [2.75, 3.05) is 13.6 Å². The van der Waals surface area contributed by atoms with E-state index in [9.17, 15) is 13.2 Å². The topological polar surface area (TPSA) is 79.4 Å². The van der Waals surface area contributed by atoms with Crippen molar-refractivity contribution in [1.82, 2.24) is 14.0 Å². The van der Waals surface area contributed by atoms with Crippen molar-refractivity contribution in [3.8, 4) is 0 Å². The van der Waals surface area contributed by atoms with Gasteiger partial charge in [-0.25, -0.2) is 9.71 Å². The lowest BCUT2D eigenvalue weighted by atomic mass is 10.5. The summed E-state index contributed by atoms with van der Waals surface area (Å²) in [6.45, 7) is 3.72. The minimum Gasteiger partial charge on any atom is -0.267 e. The van der Waals surface area contributed by atoms with Crippen molar-refractivity contribution in [2.45, 2.75) is 13.8 Å². The fourth-order valence-corrected chi connectivity index (χ4v) is 2.46. The van der Waals surface area contributed by atoms with Crippen LogP contribution in [0.5, 0.6) is 0 Å². The van der Waals surface area contributed by atoms with Gasteiger partial charge in [-0.1, -0.05) is 6.92 Å². The van der Waals surface area contributed by atoms with E-state index in [4.69, 9.17) is 0 Å². The summed E-state index contributed by atoms with van der Waals surface area (Å²) in [6.07, 6.45) is 1.36. The molecule has 1 aromatic heterocycles. The number of nitrogens with zero attached hydrogens (tertiary/aromatic N) is 2. The van der Waals surface area contributed by atoms with Crippen molar-refractivity contribution in [3.63, 3.8) is 0 Å². The minimum absolute atomic E-state index is 0.283. The third-order valence-corrected chi connectivity index (χ3v) is 4.36. The van der Waals surface area contributed by atoms with E-state index in [1.54, 1.807) is 13.8 Å². The number of rotatable bonds is 4. The first-order valence-corrected chi connectivity index (χ1v) is 6.83. The Morgan fingerprint density at radius 2 is 2.25 bits per heavy atom. The highest BCUT2D eigenvalue weighted by molar-refractivity contribution is 7.87. The summed E-state index contributed by atoms with van der Waals surface area (Å²) >= 11 is 1.15. The van der Waals surface area contributed by atoms with Gasteiger partial charge in [0.15, 0.2) is 0 Å². The number of nitrogens with one attached hydrogen (secondary N) is 1. The number of hydrogen-bond donors (Lipinski definition) is 1. The van der Waals surface area contributed by atoms with Crippen LogP contribution < -0.4 is 4.72 Å². The first-order valence-electron chi connectivity index (χ1n) is 4.57. The molecule has 0 fully saturated rings. The molecular weight excluding hydrogens is 250 g/mol. The predicted octanol–water partition coefficient (Wildman–Crippen LogP) is 0.378. The zero-order valence-corrected chi connectivity index (χ0v) is 10.9. The number of hydrogen-bond acceptors (Lipinski definition) is 5. The molecule has 1 aromatic rings. The quantitative estimate of drug-likeness (QED) is 0.851. The van der Waals surface area contributed by atoms with Gasteiger partial charge in [0.25, 0.3) is 5.91 Å². The smallest absolute Gasteiger partial charge is 0.267 e. The molecule has 0 aliphatic rings. The van der Waals surface area contributed by atoms with Gasteiger partial charge < -0.3 is 0 Å². The van der Waals surface area contributed by atoms with Gasteiger partial charge >= 0.3 is 10.2 Å². The molecule has 0 atom stereocenters. The minimum atomic E-state index is -3.74. The molecule has 0 aromatic carbocycles. The molecule has 8 heteroatoms. The molecule has 1 heterocycles. The number of amides is 1. The zero-order chi connectivity index (χ0) is 12.3. The maximum atomic E-state index is 11.5. The fourth-order valence-electron chi connectivity index (χ4n) is 0.882. The second-order valence-corrected chi connectivity index (χ2v) is 6.11. The summed E-state index contributed by atoms with van der Waals surface area (Å²) < 4.78 is 26.1. The molecule has 0 spiro atoms. The van der Waals surface area contributed by atoms with Crippen LogP contribution in [0.2, 0.25) is 0 Å². The van der Waals surface area contributed by atoms with Gasteiger partial charge in [-0.3, -0.25) is 4.79 Å². The highest BCUT2D eigenvalue weighted by atomic mass is 32.2. The van der Waals surface area contributed by atoms with Gasteiger partial charge in [0, 0.05) is 13.6 Å². The van der Waals surface area contributed by atoms with Crippen LogP contribution in [0.4, 0.5) is 0 Å². The molecule has 90 valence electrons. The standard InChI is InChI=1S/C8H13N3O3S2/c1-4-11(3)16(13,14)10-8(12)7-5-9-6(2)15-7/h5H,4H2,1-3H3,(H,10,12). The Hall–Kier alpha value is -0.990. The molecule has 0 saturated carbocycles. The Morgan fingerprint density at radius 1 is 1.62 bits per heavy atom. The number of carbonyl (C=O) groups excluding carboxylic acids is 1. The maximum Gasteiger partial charge on any atom is 0.303 e. The van der Waals surface area contributed by atoms with Crippen LogP contribution in [0.25, 0.3) is 0 Å². The monoisotopic (exact) mass is 263 g/mol. The van der Waals surface area contributed by atoms with Crippen LogP contribution in [-0.2, 0) is 10.2 Å². The molecular formula is C8H13N3O3S2. The highest BCUT2D eigenvalue weighted by Crippen LogP contribution is 2.11. The maximum absolute atomic E-state index is 11.5. The summed E-state index contributed by atoms with van der Waals surface area (Å²) in [6, 6.07) is 0. The van der Waals surface area contributed by atoms with E-state index in [1.165, 1.54) is 13.2 Å². The van der Waals surface area contributed by atoms with E-state index in [0.717, 1.165) is 15.6 Å². The van der Waals surface area contributed by atoms with Gasteiger partial charge in [0.1, 0.15) is 4.88 Å². The molecule has 1 amide bonds. The van der Waals surface area contributed by atoms with Gasteiger partial charge in [-0.2, -0.15) is 12.7 Å². The summed E-state index contributed by atoms with van der Waals surface area (Å²) in [7, 11) is -2.34. The number of carbonyl (C=O) groups is 1. The second-order valence-electron chi connectivity index (χ2n) is 3.09. The predicted molar refractivity (Wildman–Crippen MR) is 61.5 cm³/mol. The largest absolute Gasteiger partial charge is 0.303 e.